The molecular formula is C15H13ClFNO5. The molecule has 1 unspecified atom stereocenters. The molecule has 2 aromatic carbocycles. The minimum atomic E-state index is -1.16. The smallest absolute Gasteiger partial charge is 0.312 e. The molecule has 0 bridgehead atoms. The standard InChI is InChI=1S/C15H13ClFNO5/c1-22-14-4-2-9(6-11(14)17)13(19)8-23-15-5-3-10(16)7-12(15)18(20)21/h2-7,13,19H,8H2,1H3. The molecule has 0 heterocycles. The second-order valence-electron chi connectivity index (χ2n) is 4.59. The van der Waals surface area contributed by atoms with Crippen LogP contribution in [0.1, 0.15) is 11.7 Å². The van der Waals surface area contributed by atoms with Crippen LogP contribution in [0.2, 0.25) is 5.02 Å². The van der Waals surface area contributed by atoms with Crippen LogP contribution in [0.3, 0.4) is 0 Å². The van der Waals surface area contributed by atoms with Gasteiger partial charge in [-0.25, -0.2) is 4.39 Å². The summed E-state index contributed by atoms with van der Waals surface area (Å²) in [6.45, 7) is -0.283. The molecule has 2 rings (SSSR count). The summed E-state index contributed by atoms with van der Waals surface area (Å²) in [5.41, 5.74) is -0.0504. The summed E-state index contributed by atoms with van der Waals surface area (Å²) < 4.78 is 23.7. The van der Waals surface area contributed by atoms with Crippen molar-refractivity contribution >= 4 is 17.3 Å². The lowest BCUT2D eigenvalue weighted by atomic mass is 10.1. The summed E-state index contributed by atoms with van der Waals surface area (Å²) in [6, 6.07) is 7.88. The monoisotopic (exact) mass is 341 g/mol. The van der Waals surface area contributed by atoms with Gasteiger partial charge in [0.15, 0.2) is 17.3 Å². The van der Waals surface area contributed by atoms with Crippen LogP contribution >= 0.6 is 11.6 Å². The molecule has 8 heteroatoms. The minimum absolute atomic E-state index is 0.0348. The van der Waals surface area contributed by atoms with Gasteiger partial charge in [0.1, 0.15) is 12.7 Å². The van der Waals surface area contributed by atoms with Crippen LogP contribution in [0.4, 0.5) is 10.1 Å². The van der Waals surface area contributed by atoms with E-state index >= 15 is 0 Å². The molecule has 23 heavy (non-hydrogen) atoms. The number of benzene rings is 2. The molecule has 0 saturated heterocycles. The molecule has 0 amide bonds. The highest BCUT2D eigenvalue weighted by Gasteiger charge is 2.18. The Morgan fingerprint density at radius 2 is 2.00 bits per heavy atom. The van der Waals surface area contributed by atoms with Crippen molar-refractivity contribution in [1.82, 2.24) is 0 Å². The molecule has 6 nitrogen and oxygen atoms in total. The molecule has 0 fully saturated rings. The maximum Gasteiger partial charge on any atom is 0.312 e. The van der Waals surface area contributed by atoms with Crippen LogP contribution in [0.25, 0.3) is 0 Å². The molecule has 0 radical (unpaired) electrons. The lowest BCUT2D eigenvalue weighted by molar-refractivity contribution is -0.385. The third-order valence-corrected chi connectivity index (χ3v) is 3.31. The molecule has 0 aliphatic rings. The summed E-state index contributed by atoms with van der Waals surface area (Å²) in [6.07, 6.45) is -1.16. The van der Waals surface area contributed by atoms with E-state index in [1.165, 1.54) is 31.4 Å². The third kappa shape index (κ3) is 4.08. The fourth-order valence-corrected chi connectivity index (χ4v) is 2.08. The van der Waals surface area contributed by atoms with Crippen molar-refractivity contribution in [2.45, 2.75) is 6.10 Å². The summed E-state index contributed by atoms with van der Waals surface area (Å²) >= 11 is 5.70. The second-order valence-corrected chi connectivity index (χ2v) is 5.03. The molecule has 0 aromatic heterocycles. The van der Waals surface area contributed by atoms with Crippen molar-refractivity contribution in [1.29, 1.82) is 0 Å². The highest BCUT2D eigenvalue weighted by atomic mass is 35.5. The van der Waals surface area contributed by atoms with Gasteiger partial charge in [-0.2, -0.15) is 0 Å². The molecule has 122 valence electrons. The number of aliphatic hydroxyl groups excluding tert-OH is 1. The molecule has 1 N–H and O–H groups in total. The van der Waals surface area contributed by atoms with Gasteiger partial charge in [0.25, 0.3) is 0 Å². The Labute approximate surface area is 136 Å². The Morgan fingerprint density at radius 1 is 1.30 bits per heavy atom. The van der Waals surface area contributed by atoms with E-state index in [-0.39, 0.29) is 34.4 Å². The zero-order valence-electron chi connectivity index (χ0n) is 12.0. The second kappa shape index (κ2) is 7.26. The zero-order chi connectivity index (χ0) is 17.0. The Balaban J connectivity index is 2.12. The molecule has 2 aromatic rings. The number of nitro benzene ring substituents is 1. The Morgan fingerprint density at radius 3 is 2.61 bits per heavy atom. The van der Waals surface area contributed by atoms with E-state index in [0.717, 1.165) is 12.1 Å². The first-order valence-electron chi connectivity index (χ1n) is 6.50. The number of rotatable bonds is 6. The van der Waals surface area contributed by atoms with Gasteiger partial charge in [-0.15, -0.1) is 0 Å². The molecular weight excluding hydrogens is 329 g/mol. The van der Waals surface area contributed by atoms with Crippen molar-refractivity contribution < 1.29 is 23.9 Å². The average Bonchev–Trinajstić information content (AvgIpc) is 2.53. The van der Waals surface area contributed by atoms with Crippen LogP contribution < -0.4 is 9.47 Å². The van der Waals surface area contributed by atoms with Crippen molar-refractivity contribution in [2.75, 3.05) is 13.7 Å². The predicted octanol–water partition coefficient (Wildman–Crippen LogP) is 3.51. The molecule has 0 aliphatic carbocycles. The SMILES string of the molecule is COc1ccc(C(O)COc2ccc(Cl)cc2[N+](=O)[O-])cc1F. The van der Waals surface area contributed by atoms with E-state index in [9.17, 15) is 19.6 Å². The predicted molar refractivity (Wildman–Crippen MR) is 81.5 cm³/mol. The van der Waals surface area contributed by atoms with Gasteiger partial charge in [-0.05, 0) is 29.8 Å². The Kier molecular flexibility index (Phi) is 5.36. The molecule has 0 saturated carbocycles. The number of methoxy groups -OCH3 is 1. The van der Waals surface area contributed by atoms with Crippen LogP contribution in [-0.4, -0.2) is 23.7 Å². The number of aliphatic hydroxyl groups is 1. The molecule has 0 aliphatic heterocycles. The Hall–Kier alpha value is -2.38. The van der Waals surface area contributed by atoms with E-state index in [0.29, 0.717) is 0 Å². The summed E-state index contributed by atoms with van der Waals surface area (Å²) in [5, 5.41) is 21.2. The quantitative estimate of drug-likeness (QED) is 0.642. The first kappa shape index (κ1) is 17.0. The van der Waals surface area contributed by atoms with Crippen LogP contribution in [0, 0.1) is 15.9 Å². The van der Waals surface area contributed by atoms with Gasteiger partial charge < -0.3 is 14.6 Å². The maximum atomic E-state index is 13.6. The topological polar surface area (TPSA) is 81.8 Å². The summed E-state index contributed by atoms with van der Waals surface area (Å²) in [4.78, 5) is 10.3. The third-order valence-electron chi connectivity index (χ3n) is 3.08. The minimum Gasteiger partial charge on any atom is -0.494 e. The van der Waals surface area contributed by atoms with Gasteiger partial charge >= 0.3 is 5.69 Å². The lowest BCUT2D eigenvalue weighted by Crippen LogP contribution is -2.11. The highest BCUT2D eigenvalue weighted by Crippen LogP contribution is 2.31. The summed E-state index contributed by atoms with van der Waals surface area (Å²) in [5.74, 6) is -0.607. The first-order chi connectivity index (χ1) is 10.9. The van der Waals surface area contributed by atoms with Crippen molar-refractivity contribution in [3.8, 4) is 11.5 Å². The van der Waals surface area contributed by atoms with E-state index < -0.39 is 16.8 Å². The van der Waals surface area contributed by atoms with E-state index in [1.807, 2.05) is 0 Å². The highest BCUT2D eigenvalue weighted by molar-refractivity contribution is 6.30. The van der Waals surface area contributed by atoms with Crippen molar-refractivity contribution in [3.63, 3.8) is 0 Å². The maximum absolute atomic E-state index is 13.6. The van der Waals surface area contributed by atoms with E-state index in [4.69, 9.17) is 21.1 Å². The number of nitrogens with zero attached hydrogens (tertiary/aromatic N) is 1. The number of halogens is 2. The van der Waals surface area contributed by atoms with Crippen LogP contribution in [0.15, 0.2) is 36.4 Å². The summed E-state index contributed by atoms with van der Waals surface area (Å²) in [7, 11) is 1.33. The van der Waals surface area contributed by atoms with Gasteiger partial charge in [-0.1, -0.05) is 17.7 Å². The van der Waals surface area contributed by atoms with E-state index in [2.05, 4.69) is 0 Å². The normalized spacial score (nSPS) is 11.8. The first-order valence-corrected chi connectivity index (χ1v) is 6.88. The Bertz CT molecular complexity index is 725. The fourth-order valence-electron chi connectivity index (χ4n) is 1.91. The lowest BCUT2D eigenvalue weighted by Gasteiger charge is -2.13. The molecule has 0 spiro atoms. The van der Waals surface area contributed by atoms with Gasteiger partial charge in [0.05, 0.1) is 12.0 Å². The molecule has 1 atom stereocenters. The fraction of sp³-hybridized carbons (Fsp3) is 0.200. The van der Waals surface area contributed by atoms with Crippen LogP contribution in [0.5, 0.6) is 11.5 Å². The van der Waals surface area contributed by atoms with Crippen molar-refractivity contribution in [3.05, 3.63) is 62.9 Å². The van der Waals surface area contributed by atoms with Crippen molar-refractivity contribution in [2.24, 2.45) is 0 Å². The number of hydrogen-bond donors (Lipinski definition) is 1. The van der Waals surface area contributed by atoms with E-state index in [1.54, 1.807) is 0 Å². The van der Waals surface area contributed by atoms with Gasteiger partial charge in [0.2, 0.25) is 0 Å². The number of hydrogen-bond acceptors (Lipinski definition) is 5. The van der Waals surface area contributed by atoms with Crippen LogP contribution in [-0.2, 0) is 0 Å². The number of ether oxygens (including phenoxy) is 2. The average molecular weight is 342 g/mol. The van der Waals surface area contributed by atoms with Gasteiger partial charge in [0, 0.05) is 11.1 Å². The van der Waals surface area contributed by atoms with Gasteiger partial charge in [-0.3, -0.25) is 10.1 Å². The zero-order valence-corrected chi connectivity index (χ0v) is 12.8. The number of nitro groups is 1. The largest absolute Gasteiger partial charge is 0.494 e.